The summed E-state index contributed by atoms with van der Waals surface area (Å²) in [4.78, 5) is 14.9. The van der Waals surface area contributed by atoms with Crippen molar-refractivity contribution in [3.8, 4) is 11.5 Å². The molecule has 1 N–H and O–H groups in total. The highest BCUT2D eigenvalue weighted by molar-refractivity contribution is 5.91. The highest BCUT2D eigenvalue weighted by Gasteiger charge is 2.42. The maximum atomic E-state index is 12.3. The van der Waals surface area contributed by atoms with E-state index in [4.69, 9.17) is 14.2 Å². The van der Waals surface area contributed by atoms with E-state index in [1.54, 1.807) is 26.4 Å². The summed E-state index contributed by atoms with van der Waals surface area (Å²) in [7, 11) is 3.20. The largest absolute Gasteiger partial charge is 0.493 e. The van der Waals surface area contributed by atoms with Crippen LogP contribution in [0.5, 0.6) is 11.5 Å². The number of aryl methyl sites for hydroxylation is 1. The van der Waals surface area contributed by atoms with Gasteiger partial charge < -0.3 is 24.4 Å². The van der Waals surface area contributed by atoms with Gasteiger partial charge in [-0.2, -0.15) is 0 Å². The molecule has 1 atom stereocenters. The van der Waals surface area contributed by atoms with E-state index in [9.17, 15) is 4.79 Å². The molecule has 2 aliphatic rings. The number of nitrogens with one attached hydrogen (secondary N) is 1. The highest BCUT2D eigenvalue weighted by Crippen LogP contribution is 2.38. The van der Waals surface area contributed by atoms with Crippen LogP contribution in [0.4, 0.5) is 0 Å². The van der Waals surface area contributed by atoms with Gasteiger partial charge in [0, 0.05) is 25.7 Å². The van der Waals surface area contributed by atoms with Gasteiger partial charge in [0.05, 0.1) is 25.9 Å². The lowest BCUT2D eigenvalue weighted by molar-refractivity contribution is -0.118. The molecule has 2 heterocycles. The van der Waals surface area contributed by atoms with Crippen molar-refractivity contribution < 1.29 is 19.0 Å². The number of nitrogens with zero attached hydrogens (tertiary/aromatic N) is 1. The van der Waals surface area contributed by atoms with Crippen molar-refractivity contribution in [3.63, 3.8) is 0 Å². The summed E-state index contributed by atoms with van der Waals surface area (Å²) >= 11 is 0. The molecule has 6 heteroatoms. The number of benzene rings is 2. The molecule has 4 rings (SSSR count). The number of methoxy groups -OCH3 is 2. The molecule has 0 radical (unpaired) electrons. The zero-order valence-corrected chi connectivity index (χ0v) is 21.0. The Bertz CT molecular complexity index is 983. The first-order valence-corrected chi connectivity index (χ1v) is 12.7. The van der Waals surface area contributed by atoms with Gasteiger partial charge in [-0.3, -0.25) is 4.79 Å². The van der Waals surface area contributed by atoms with Crippen molar-refractivity contribution in [2.75, 3.05) is 40.4 Å². The van der Waals surface area contributed by atoms with Crippen LogP contribution >= 0.6 is 0 Å². The standard InChI is InChI=1S/C29H38N2O4/c1-33-26-12-10-24(21-27(26)34-2)11-13-28(32)30-22-25-14-15-29(35-25)16-19-31(20-17-29)18-6-9-23-7-4-3-5-8-23/h3-5,7-8,10-13,21,25H,6,9,14-20,22H2,1-2H3,(H,30,32)/b13-11+/t25-/m0/s1. The van der Waals surface area contributed by atoms with Gasteiger partial charge in [-0.05, 0) is 74.4 Å². The lowest BCUT2D eigenvalue weighted by Gasteiger charge is -2.39. The molecule has 2 fully saturated rings. The van der Waals surface area contributed by atoms with E-state index >= 15 is 0 Å². The number of piperidine rings is 1. The summed E-state index contributed by atoms with van der Waals surface area (Å²) in [6, 6.07) is 16.3. The Morgan fingerprint density at radius 3 is 2.60 bits per heavy atom. The lowest BCUT2D eigenvalue weighted by atomic mass is 9.88. The quantitative estimate of drug-likeness (QED) is 0.510. The fourth-order valence-electron chi connectivity index (χ4n) is 5.14. The van der Waals surface area contributed by atoms with Gasteiger partial charge in [0.2, 0.25) is 5.91 Å². The van der Waals surface area contributed by atoms with Crippen LogP contribution in [0.25, 0.3) is 6.08 Å². The van der Waals surface area contributed by atoms with Crippen LogP contribution in [0.2, 0.25) is 0 Å². The summed E-state index contributed by atoms with van der Waals surface area (Å²) in [6.45, 7) is 3.90. The van der Waals surface area contributed by atoms with Crippen molar-refractivity contribution in [1.82, 2.24) is 10.2 Å². The number of carbonyl (C=O) groups excluding carboxylic acids is 1. The molecular weight excluding hydrogens is 440 g/mol. The van der Waals surface area contributed by atoms with Crippen LogP contribution in [0.1, 0.15) is 43.2 Å². The summed E-state index contributed by atoms with van der Waals surface area (Å²) < 4.78 is 17.1. The van der Waals surface area contributed by atoms with Crippen molar-refractivity contribution in [2.45, 2.75) is 50.2 Å². The summed E-state index contributed by atoms with van der Waals surface area (Å²) in [5, 5.41) is 3.00. The average molecular weight is 479 g/mol. The minimum absolute atomic E-state index is 0.000805. The van der Waals surface area contributed by atoms with Crippen molar-refractivity contribution >= 4 is 12.0 Å². The Kier molecular flexibility index (Phi) is 8.83. The number of rotatable bonds is 10. The number of carbonyl (C=O) groups is 1. The molecule has 0 saturated carbocycles. The van der Waals surface area contributed by atoms with E-state index in [0.29, 0.717) is 18.0 Å². The Morgan fingerprint density at radius 1 is 1.09 bits per heavy atom. The zero-order valence-electron chi connectivity index (χ0n) is 21.0. The highest BCUT2D eigenvalue weighted by atomic mass is 16.5. The smallest absolute Gasteiger partial charge is 0.244 e. The van der Waals surface area contributed by atoms with Gasteiger partial charge in [-0.1, -0.05) is 36.4 Å². The van der Waals surface area contributed by atoms with Gasteiger partial charge >= 0.3 is 0 Å². The van der Waals surface area contributed by atoms with Crippen LogP contribution in [-0.2, 0) is 16.0 Å². The van der Waals surface area contributed by atoms with E-state index in [0.717, 1.165) is 57.3 Å². The van der Waals surface area contributed by atoms with E-state index in [1.807, 2.05) is 18.2 Å². The van der Waals surface area contributed by atoms with Crippen LogP contribution in [0.3, 0.4) is 0 Å². The number of likely N-dealkylation sites (tertiary alicyclic amines) is 1. The average Bonchev–Trinajstić information content (AvgIpc) is 3.30. The van der Waals surface area contributed by atoms with Gasteiger partial charge in [0.1, 0.15) is 0 Å². The molecule has 2 aromatic rings. The first-order valence-electron chi connectivity index (χ1n) is 12.7. The summed E-state index contributed by atoms with van der Waals surface area (Å²) in [6.07, 6.45) is 10.0. The number of amides is 1. The first-order chi connectivity index (χ1) is 17.1. The molecular formula is C29H38N2O4. The van der Waals surface area contributed by atoms with Crippen LogP contribution in [0, 0.1) is 0 Å². The molecule has 35 heavy (non-hydrogen) atoms. The Balaban J connectivity index is 1.16. The first kappa shape index (κ1) is 25.3. The molecule has 188 valence electrons. The second-order valence-electron chi connectivity index (χ2n) is 9.59. The summed E-state index contributed by atoms with van der Waals surface area (Å²) in [5.41, 5.74) is 2.30. The van der Waals surface area contributed by atoms with Gasteiger partial charge in [-0.15, -0.1) is 0 Å². The molecule has 1 amide bonds. The molecule has 0 aliphatic carbocycles. The Labute approximate surface area is 209 Å². The third-order valence-corrected chi connectivity index (χ3v) is 7.23. The van der Waals surface area contributed by atoms with Crippen molar-refractivity contribution in [2.24, 2.45) is 0 Å². The zero-order chi connectivity index (χ0) is 24.5. The predicted octanol–water partition coefficient (Wildman–Crippen LogP) is 4.48. The Morgan fingerprint density at radius 2 is 1.86 bits per heavy atom. The second kappa shape index (κ2) is 12.2. The van der Waals surface area contributed by atoms with Gasteiger partial charge in [-0.25, -0.2) is 0 Å². The fraction of sp³-hybridized carbons (Fsp3) is 0.483. The number of ether oxygens (including phenoxy) is 3. The SMILES string of the molecule is COc1ccc(/C=C/C(=O)NC[C@@H]2CCC3(CCN(CCCc4ccccc4)CC3)O2)cc1OC. The molecule has 2 saturated heterocycles. The van der Waals surface area contributed by atoms with Crippen LogP contribution in [-0.4, -0.2) is 62.9 Å². The summed E-state index contributed by atoms with van der Waals surface area (Å²) in [5.74, 6) is 1.19. The second-order valence-corrected chi connectivity index (χ2v) is 9.59. The molecule has 2 aromatic carbocycles. The lowest BCUT2D eigenvalue weighted by Crippen LogP contribution is -2.45. The maximum absolute atomic E-state index is 12.3. The molecule has 0 aromatic heterocycles. The van der Waals surface area contributed by atoms with Crippen LogP contribution < -0.4 is 14.8 Å². The maximum Gasteiger partial charge on any atom is 0.244 e. The molecule has 0 unspecified atom stereocenters. The minimum atomic E-state index is -0.113. The molecule has 0 bridgehead atoms. The minimum Gasteiger partial charge on any atom is -0.493 e. The van der Waals surface area contributed by atoms with Crippen LogP contribution in [0.15, 0.2) is 54.6 Å². The Hall–Kier alpha value is -2.83. The third kappa shape index (κ3) is 7.09. The van der Waals surface area contributed by atoms with Crippen molar-refractivity contribution in [3.05, 3.63) is 65.7 Å². The predicted molar refractivity (Wildman–Crippen MR) is 139 cm³/mol. The van der Waals surface area contributed by atoms with Gasteiger partial charge in [0.25, 0.3) is 0 Å². The van der Waals surface area contributed by atoms with Crippen molar-refractivity contribution in [1.29, 1.82) is 0 Å². The van der Waals surface area contributed by atoms with E-state index in [2.05, 4.69) is 40.5 Å². The molecule has 6 nitrogen and oxygen atoms in total. The number of hydrogen-bond acceptors (Lipinski definition) is 5. The van der Waals surface area contributed by atoms with E-state index < -0.39 is 0 Å². The van der Waals surface area contributed by atoms with E-state index in [1.165, 1.54) is 12.0 Å². The van der Waals surface area contributed by atoms with Gasteiger partial charge in [0.15, 0.2) is 11.5 Å². The monoisotopic (exact) mass is 478 g/mol. The third-order valence-electron chi connectivity index (χ3n) is 7.23. The topological polar surface area (TPSA) is 60.0 Å². The molecule has 1 spiro atoms. The number of hydrogen-bond donors (Lipinski definition) is 1. The van der Waals surface area contributed by atoms with E-state index in [-0.39, 0.29) is 17.6 Å². The molecule has 2 aliphatic heterocycles. The normalized spacial score (nSPS) is 19.8. The fourth-order valence-corrected chi connectivity index (χ4v) is 5.14.